The molecule has 0 radical (unpaired) electrons. The maximum Gasteiger partial charge on any atom is 0.337 e. The predicted octanol–water partition coefficient (Wildman–Crippen LogP) is 0.784. The number of carboxylic acids is 1. The third-order valence-electron chi connectivity index (χ3n) is 2.33. The topological polar surface area (TPSA) is 109 Å². The van der Waals surface area contributed by atoms with E-state index in [9.17, 15) is 13.2 Å². The summed E-state index contributed by atoms with van der Waals surface area (Å²) in [6.45, 7) is 2.15. The minimum absolute atomic E-state index is 0.131. The van der Waals surface area contributed by atoms with E-state index in [2.05, 4.69) is 5.32 Å². The Balaban J connectivity index is 2.65. The number of rotatable bonds is 6. The first-order valence-corrected chi connectivity index (χ1v) is 7.09. The summed E-state index contributed by atoms with van der Waals surface area (Å²) < 4.78 is 21.4. The molecule has 18 heavy (non-hydrogen) atoms. The van der Waals surface area contributed by atoms with Crippen LogP contribution in [0.25, 0.3) is 0 Å². The van der Waals surface area contributed by atoms with E-state index in [0.717, 1.165) is 5.56 Å². The molecule has 4 N–H and O–H groups in total. The number of nitrogens with one attached hydrogen (secondary N) is 1. The Morgan fingerprint density at radius 2 is 2.11 bits per heavy atom. The van der Waals surface area contributed by atoms with Crippen molar-refractivity contribution in [2.45, 2.75) is 13.3 Å². The van der Waals surface area contributed by atoms with Gasteiger partial charge in [0.25, 0.3) is 0 Å². The van der Waals surface area contributed by atoms with Crippen LogP contribution in [0.3, 0.4) is 0 Å². The molecule has 0 aromatic heterocycles. The van der Waals surface area contributed by atoms with Crippen molar-refractivity contribution in [1.82, 2.24) is 0 Å². The molecular weight excluding hydrogens is 256 g/mol. The van der Waals surface area contributed by atoms with Crippen molar-refractivity contribution in [2.24, 2.45) is 5.14 Å². The lowest BCUT2D eigenvalue weighted by Gasteiger charge is -2.09. The van der Waals surface area contributed by atoms with E-state index in [0.29, 0.717) is 18.7 Å². The minimum atomic E-state index is -3.47. The quantitative estimate of drug-likeness (QED) is 0.663. The second kappa shape index (κ2) is 5.83. The highest BCUT2D eigenvalue weighted by Crippen LogP contribution is 2.17. The van der Waals surface area contributed by atoms with Crippen molar-refractivity contribution in [3.63, 3.8) is 0 Å². The van der Waals surface area contributed by atoms with Gasteiger partial charge in [-0.2, -0.15) is 0 Å². The van der Waals surface area contributed by atoms with E-state index < -0.39 is 16.0 Å². The SMILES string of the molecule is Cc1ccc(NCCCS(N)(=O)=O)c(C(=O)O)c1. The van der Waals surface area contributed by atoms with Crippen LogP contribution in [0.15, 0.2) is 18.2 Å². The summed E-state index contributed by atoms with van der Waals surface area (Å²) in [4.78, 5) is 11.0. The Morgan fingerprint density at radius 1 is 1.44 bits per heavy atom. The first-order chi connectivity index (χ1) is 8.29. The lowest BCUT2D eigenvalue weighted by atomic mass is 10.1. The fraction of sp³-hybridized carbons (Fsp3) is 0.364. The molecular formula is C11H16N2O4S. The van der Waals surface area contributed by atoms with Gasteiger partial charge in [-0.15, -0.1) is 0 Å². The Labute approximate surface area is 106 Å². The number of carbonyl (C=O) groups is 1. The Kier molecular flexibility index (Phi) is 4.69. The number of aryl methyl sites for hydroxylation is 1. The minimum Gasteiger partial charge on any atom is -0.478 e. The van der Waals surface area contributed by atoms with Gasteiger partial charge >= 0.3 is 5.97 Å². The molecule has 0 bridgehead atoms. The molecule has 1 aromatic carbocycles. The first-order valence-electron chi connectivity index (χ1n) is 5.38. The fourth-order valence-corrected chi connectivity index (χ4v) is 2.03. The number of carboxylic acid groups (broad SMARTS) is 1. The molecule has 0 spiro atoms. The predicted molar refractivity (Wildman–Crippen MR) is 69.2 cm³/mol. The molecule has 0 aliphatic heterocycles. The van der Waals surface area contributed by atoms with Gasteiger partial charge in [0.15, 0.2) is 0 Å². The Hall–Kier alpha value is -1.60. The largest absolute Gasteiger partial charge is 0.478 e. The van der Waals surface area contributed by atoms with Gasteiger partial charge in [-0.05, 0) is 25.5 Å². The second-order valence-electron chi connectivity index (χ2n) is 4.00. The molecule has 0 saturated heterocycles. The summed E-state index contributed by atoms with van der Waals surface area (Å²) in [7, 11) is -3.47. The van der Waals surface area contributed by atoms with E-state index in [1.807, 2.05) is 0 Å². The number of hydrogen-bond acceptors (Lipinski definition) is 4. The maximum absolute atomic E-state index is 11.0. The molecule has 0 unspecified atom stereocenters. The third kappa shape index (κ3) is 4.72. The number of benzene rings is 1. The van der Waals surface area contributed by atoms with Gasteiger partial charge in [-0.25, -0.2) is 18.4 Å². The van der Waals surface area contributed by atoms with Gasteiger partial charge in [-0.1, -0.05) is 11.6 Å². The number of nitrogens with two attached hydrogens (primary N) is 1. The molecule has 100 valence electrons. The summed E-state index contributed by atoms with van der Waals surface area (Å²) in [6, 6.07) is 5.01. The van der Waals surface area contributed by atoms with Crippen molar-refractivity contribution in [2.75, 3.05) is 17.6 Å². The van der Waals surface area contributed by atoms with Gasteiger partial charge in [0, 0.05) is 12.2 Å². The fourth-order valence-electron chi connectivity index (χ4n) is 1.49. The van der Waals surface area contributed by atoms with E-state index in [4.69, 9.17) is 10.2 Å². The summed E-state index contributed by atoms with van der Waals surface area (Å²) >= 11 is 0. The Bertz CT molecular complexity index is 540. The maximum atomic E-state index is 11.0. The molecule has 0 atom stereocenters. The van der Waals surface area contributed by atoms with Gasteiger partial charge < -0.3 is 10.4 Å². The van der Waals surface area contributed by atoms with Gasteiger partial charge in [0.05, 0.1) is 11.3 Å². The van der Waals surface area contributed by atoms with Crippen LogP contribution in [-0.2, 0) is 10.0 Å². The lowest BCUT2D eigenvalue weighted by molar-refractivity contribution is 0.0698. The van der Waals surface area contributed by atoms with Crippen LogP contribution in [0, 0.1) is 6.92 Å². The van der Waals surface area contributed by atoms with E-state index >= 15 is 0 Å². The van der Waals surface area contributed by atoms with Gasteiger partial charge in [-0.3, -0.25) is 0 Å². The zero-order valence-electron chi connectivity index (χ0n) is 10.0. The molecule has 1 rings (SSSR count). The normalized spacial score (nSPS) is 11.2. The average molecular weight is 272 g/mol. The summed E-state index contributed by atoms with van der Waals surface area (Å²) in [5, 5.41) is 16.8. The molecule has 0 aliphatic carbocycles. The van der Waals surface area contributed by atoms with Crippen LogP contribution in [-0.4, -0.2) is 31.8 Å². The van der Waals surface area contributed by atoms with E-state index in [1.54, 1.807) is 25.1 Å². The van der Waals surface area contributed by atoms with Crippen LogP contribution in [0.5, 0.6) is 0 Å². The highest BCUT2D eigenvalue weighted by Gasteiger charge is 2.10. The monoisotopic (exact) mass is 272 g/mol. The van der Waals surface area contributed by atoms with Crippen molar-refractivity contribution in [3.05, 3.63) is 29.3 Å². The number of sulfonamides is 1. The van der Waals surface area contributed by atoms with Gasteiger partial charge in [0.1, 0.15) is 0 Å². The average Bonchev–Trinajstić information content (AvgIpc) is 2.24. The highest BCUT2D eigenvalue weighted by atomic mass is 32.2. The zero-order chi connectivity index (χ0) is 13.8. The number of hydrogen-bond donors (Lipinski definition) is 3. The smallest absolute Gasteiger partial charge is 0.337 e. The standard InChI is InChI=1S/C11H16N2O4S/c1-8-3-4-10(9(7-8)11(14)15)13-5-2-6-18(12,16)17/h3-4,7,13H,2,5-6H2,1H3,(H,14,15)(H2,12,16,17). The van der Waals surface area contributed by atoms with Crippen LogP contribution >= 0.6 is 0 Å². The second-order valence-corrected chi connectivity index (χ2v) is 5.74. The number of anilines is 1. The molecule has 0 fully saturated rings. The van der Waals surface area contributed by atoms with E-state index in [1.165, 1.54) is 0 Å². The molecule has 6 nitrogen and oxygen atoms in total. The van der Waals surface area contributed by atoms with Crippen molar-refractivity contribution >= 4 is 21.7 Å². The first kappa shape index (κ1) is 14.5. The zero-order valence-corrected chi connectivity index (χ0v) is 10.8. The molecule has 0 heterocycles. The van der Waals surface area contributed by atoms with Crippen molar-refractivity contribution < 1.29 is 18.3 Å². The molecule has 0 aliphatic rings. The molecule has 0 amide bonds. The van der Waals surface area contributed by atoms with Crippen LogP contribution in [0.4, 0.5) is 5.69 Å². The third-order valence-corrected chi connectivity index (χ3v) is 3.18. The summed E-state index contributed by atoms with van der Waals surface area (Å²) in [5.74, 6) is -1.15. The highest BCUT2D eigenvalue weighted by molar-refractivity contribution is 7.89. The van der Waals surface area contributed by atoms with Crippen LogP contribution in [0.2, 0.25) is 0 Å². The summed E-state index contributed by atoms with van der Waals surface area (Å²) in [5.41, 5.74) is 1.50. The van der Waals surface area contributed by atoms with Gasteiger partial charge in [0.2, 0.25) is 10.0 Å². The molecule has 1 aromatic rings. The molecule has 7 heteroatoms. The van der Waals surface area contributed by atoms with Crippen molar-refractivity contribution in [3.8, 4) is 0 Å². The number of aromatic carboxylic acids is 1. The summed E-state index contributed by atoms with van der Waals surface area (Å²) in [6.07, 6.45) is 0.325. The Morgan fingerprint density at radius 3 is 2.67 bits per heavy atom. The number of primary sulfonamides is 1. The lowest BCUT2D eigenvalue weighted by Crippen LogP contribution is -2.19. The van der Waals surface area contributed by atoms with Crippen LogP contribution in [0.1, 0.15) is 22.3 Å². The van der Waals surface area contributed by atoms with E-state index in [-0.39, 0.29) is 11.3 Å². The molecule has 0 saturated carbocycles. The van der Waals surface area contributed by atoms with Crippen LogP contribution < -0.4 is 10.5 Å². The van der Waals surface area contributed by atoms with Crippen molar-refractivity contribution in [1.29, 1.82) is 0 Å².